The second-order valence-electron chi connectivity index (χ2n) is 7.06. The first-order valence-electron chi connectivity index (χ1n) is 8.09. The molecule has 5 nitrogen and oxygen atoms in total. The van der Waals surface area contributed by atoms with Crippen LogP contribution in [0.3, 0.4) is 0 Å². The van der Waals surface area contributed by atoms with E-state index in [2.05, 4.69) is 0 Å². The van der Waals surface area contributed by atoms with Crippen LogP contribution in [0.5, 0.6) is 11.5 Å². The van der Waals surface area contributed by atoms with Crippen molar-refractivity contribution >= 4 is 6.08 Å². The standard InChI is InChI=1S/C20H21NO4/c1-19(2,3)20(15-10-6-8-12-17(15)24-4)18(21(22)23)13-14-9-5-7-11-16(14)25-20/h5-13H,1-4H3. The number of hydrogen-bond donors (Lipinski definition) is 0. The predicted molar refractivity (Wildman–Crippen MR) is 96.2 cm³/mol. The molecule has 3 rings (SSSR count). The van der Waals surface area contributed by atoms with E-state index in [0.29, 0.717) is 22.6 Å². The van der Waals surface area contributed by atoms with Gasteiger partial charge in [-0.15, -0.1) is 0 Å². The Kier molecular flexibility index (Phi) is 4.03. The molecule has 130 valence electrons. The number of ether oxygens (including phenoxy) is 2. The van der Waals surface area contributed by atoms with Gasteiger partial charge in [-0.2, -0.15) is 0 Å². The van der Waals surface area contributed by atoms with E-state index in [-0.39, 0.29) is 10.6 Å². The Morgan fingerprint density at radius 3 is 2.36 bits per heavy atom. The summed E-state index contributed by atoms with van der Waals surface area (Å²) in [6.07, 6.45) is 1.61. The van der Waals surface area contributed by atoms with Crippen molar-refractivity contribution < 1.29 is 14.4 Å². The van der Waals surface area contributed by atoms with E-state index in [9.17, 15) is 10.1 Å². The molecule has 0 bridgehead atoms. The molecule has 0 N–H and O–H groups in total. The van der Waals surface area contributed by atoms with Gasteiger partial charge in [0.05, 0.1) is 12.0 Å². The number of hydrogen-bond acceptors (Lipinski definition) is 4. The second kappa shape index (κ2) is 5.92. The summed E-state index contributed by atoms with van der Waals surface area (Å²) in [4.78, 5) is 11.7. The SMILES string of the molecule is COc1ccccc1C1(C(C)(C)C)Oc2ccccc2C=C1[N+](=O)[O-]. The van der Waals surface area contributed by atoms with Crippen molar-refractivity contribution in [3.8, 4) is 11.5 Å². The van der Waals surface area contributed by atoms with Gasteiger partial charge in [0.1, 0.15) is 11.5 Å². The summed E-state index contributed by atoms with van der Waals surface area (Å²) in [6.45, 7) is 5.81. The number of fused-ring (bicyclic) bond motifs is 1. The summed E-state index contributed by atoms with van der Waals surface area (Å²) in [7, 11) is 1.56. The molecule has 0 aromatic heterocycles. The highest BCUT2D eigenvalue weighted by molar-refractivity contribution is 5.65. The molecule has 1 aliphatic rings. The molecule has 5 heteroatoms. The second-order valence-corrected chi connectivity index (χ2v) is 7.06. The third-order valence-electron chi connectivity index (χ3n) is 4.57. The van der Waals surface area contributed by atoms with Gasteiger partial charge in [0.15, 0.2) is 0 Å². The molecule has 1 atom stereocenters. The van der Waals surface area contributed by atoms with Crippen LogP contribution in [0.2, 0.25) is 0 Å². The van der Waals surface area contributed by atoms with Gasteiger partial charge < -0.3 is 9.47 Å². The molecule has 1 unspecified atom stereocenters. The molecule has 1 aliphatic heterocycles. The van der Waals surface area contributed by atoms with Gasteiger partial charge in [0.25, 0.3) is 5.70 Å². The Labute approximate surface area is 147 Å². The maximum absolute atomic E-state index is 12.0. The number of para-hydroxylation sites is 2. The minimum Gasteiger partial charge on any atom is -0.496 e. The van der Waals surface area contributed by atoms with Crippen molar-refractivity contribution in [2.45, 2.75) is 26.4 Å². The molecular weight excluding hydrogens is 318 g/mol. The molecule has 0 radical (unpaired) electrons. The fourth-order valence-corrected chi connectivity index (χ4v) is 3.41. The third kappa shape index (κ3) is 2.56. The van der Waals surface area contributed by atoms with Crippen molar-refractivity contribution in [1.29, 1.82) is 0 Å². The summed E-state index contributed by atoms with van der Waals surface area (Å²) in [6, 6.07) is 14.6. The van der Waals surface area contributed by atoms with Crippen molar-refractivity contribution in [3.63, 3.8) is 0 Å². The van der Waals surface area contributed by atoms with Crippen LogP contribution in [-0.2, 0) is 5.60 Å². The first kappa shape index (κ1) is 17.0. The number of nitrogens with zero attached hydrogens (tertiary/aromatic N) is 1. The van der Waals surface area contributed by atoms with E-state index < -0.39 is 11.0 Å². The van der Waals surface area contributed by atoms with Crippen molar-refractivity contribution in [3.05, 3.63) is 75.5 Å². The normalized spacial score (nSPS) is 19.4. The van der Waals surface area contributed by atoms with Gasteiger partial charge in [-0.3, -0.25) is 10.1 Å². The van der Waals surface area contributed by atoms with Gasteiger partial charge >= 0.3 is 0 Å². The molecule has 0 spiro atoms. The van der Waals surface area contributed by atoms with Crippen LogP contribution in [-0.4, -0.2) is 12.0 Å². The average molecular weight is 339 g/mol. The van der Waals surface area contributed by atoms with E-state index in [4.69, 9.17) is 9.47 Å². The minimum absolute atomic E-state index is 0.00296. The fraction of sp³-hybridized carbons (Fsp3) is 0.300. The van der Waals surface area contributed by atoms with Crippen LogP contribution in [0.15, 0.2) is 54.2 Å². The van der Waals surface area contributed by atoms with Gasteiger partial charge in [0.2, 0.25) is 5.60 Å². The number of nitro groups is 1. The Morgan fingerprint density at radius 1 is 1.08 bits per heavy atom. The average Bonchev–Trinajstić information content (AvgIpc) is 2.59. The summed E-state index contributed by atoms with van der Waals surface area (Å²) in [5, 5.41) is 12.0. The van der Waals surface area contributed by atoms with E-state index in [0.717, 1.165) is 0 Å². The lowest BCUT2D eigenvalue weighted by Gasteiger charge is -2.44. The van der Waals surface area contributed by atoms with Gasteiger partial charge in [0, 0.05) is 22.6 Å². The zero-order chi connectivity index (χ0) is 18.2. The Hall–Kier alpha value is -2.82. The molecule has 0 fully saturated rings. The molecule has 2 aromatic rings. The van der Waals surface area contributed by atoms with Crippen LogP contribution >= 0.6 is 0 Å². The van der Waals surface area contributed by atoms with E-state index in [1.165, 1.54) is 0 Å². The molecule has 0 saturated heterocycles. The summed E-state index contributed by atoms with van der Waals surface area (Å²) in [5.41, 5.74) is -0.541. The Morgan fingerprint density at radius 2 is 1.72 bits per heavy atom. The molecule has 2 aromatic carbocycles. The van der Waals surface area contributed by atoms with Crippen molar-refractivity contribution in [2.24, 2.45) is 5.41 Å². The lowest BCUT2D eigenvalue weighted by atomic mass is 9.68. The topological polar surface area (TPSA) is 61.6 Å². The molecule has 0 saturated carbocycles. The van der Waals surface area contributed by atoms with Crippen molar-refractivity contribution in [1.82, 2.24) is 0 Å². The Bertz CT molecular complexity index is 851. The molecule has 25 heavy (non-hydrogen) atoms. The number of rotatable bonds is 3. The predicted octanol–water partition coefficient (Wildman–Crippen LogP) is 4.65. The summed E-state index contributed by atoms with van der Waals surface area (Å²) in [5.74, 6) is 1.18. The van der Waals surface area contributed by atoms with Crippen LogP contribution in [0.4, 0.5) is 0 Å². The maximum atomic E-state index is 12.0. The van der Waals surface area contributed by atoms with Crippen LogP contribution in [0.1, 0.15) is 31.9 Å². The zero-order valence-corrected chi connectivity index (χ0v) is 14.8. The Balaban J connectivity index is 2.38. The molecule has 0 aliphatic carbocycles. The van der Waals surface area contributed by atoms with Crippen LogP contribution in [0, 0.1) is 15.5 Å². The summed E-state index contributed by atoms with van der Waals surface area (Å²) >= 11 is 0. The lowest BCUT2D eigenvalue weighted by Crippen LogP contribution is -2.50. The lowest BCUT2D eigenvalue weighted by molar-refractivity contribution is -0.448. The highest BCUT2D eigenvalue weighted by Gasteiger charge is 2.58. The highest BCUT2D eigenvalue weighted by atomic mass is 16.6. The van der Waals surface area contributed by atoms with Crippen molar-refractivity contribution in [2.75, 3.05) is 7.11 Å². The highest BCUT2D eigenvalue weighted by Crippen LogP contribution is 2.54. The monoisotopic (exact) mass is 339 g/mol. The quantitative estimate of drug-likeness (QED) is 0.603. The molecule has 1 heterocycles. The maximum Gasteiger partial charge on any atom is 0.295 e. The van der Waals surface area contributed by atoms with Crippen LogP contribution < -0.4 is 9.47 Å². The minimum atomic E-state index is -1.28. The van der Waals surface area contributed by atoms with Gasteiger partial charge in [-0.1, -0.05) is 57.2 Å². The summed E-state index contributed by atoms with van der Waals surface area (Å²) < 4.78 is 11.9. The molecule has 0 amide bonds. The first-order valence-corrected chi connectivity index (χ1v) is 8.09. The van der Waals surface area contributed by atoms with E-state index in [1.807, 2.05) is 63.2 Å². The van der Waals surface area contributed by atoms with Crippen LogP contribution in [0.25, 0.3) is 6.08 Å². The van der Waals surface area contributed by atoms with Gasteiger partial charge in [-0.05, 0) is 12.1 Å². The van der Waals surface area contributed by atoms with Gasteiger partial charge in [-0.25, -0.2) is 0 Å². The zero-order valence-electron chi connectivity index (χ0n) is 14.8. The van der Waals surface area contributed by atoms with E-state index in [1.54, 1.807) is 19.3 Å². The number of methoxy groups -OCH3 is 1. The van der Waals surface area contributed by atoms with E-state index >= 15 is 0 Å². The molecular formula is C20H21NO4. The smallest absolute Gasteiger partial charge is 0.295 e. The first-order chi connectivity index (χ1) is 11.8. The fourth-order valence-electron chi connectivity index (χ4n) is 3.41. The third-order valence-corrected chi connectivity index (χ3v) is 4.57. The largest absolute Gasteiger partial charge is 0.496 e. The number of benzene rings is 2.